The van der Waals surface area contributed by atoms with Crippen LogP contribution in [0.25, 0.3) is 0 Å². The second-order valence-electron chi connectivity index (χ2n) is 7.39. The van der Waals surface area contributed by atoms with Crippen molar-refractivity contribution < 1.29 is 17.9 Å². The van der Waals surface area contributed by atoms with Crippen LogP contribution in [0.3, 0.4) is 0 Å². The average molecular weight is 473 g/mol. The number of methoxy groups -OCH3 is 1. The Bertz CT molecular complexity index is 1180. The summed E-state index contributed by atoms with van der Waals surface area (Å²) in [5.74, 6) is 0.339. The lowest BCUT2D eigenvalue weighted by molar-refractivity contribution is 0.0785. The van der Waals surface area contributed by atoms with E-state index in [-0.39, 0.29) is 17.3 Å². The van der Waals surface area contributed by atoms with Gasteiger partial charge < -0.3 is 9.64 Å². The molecule has 0 N–H and O–H groups in total. The van der Waals surface area contributed by atoms with E-state index in [0.717, 1.165) is 5.56 Å². The van der Waals surface area contributed by atoms with Crippen molar-refractivity contribution in [3.8, 4) is 5.75 Å². The molecule has 1 amide bonds. The van der Waals surface area contributed by atoms with Gasteiger partial charge in [-0.05, 0) is 48.0 Å². The molecule has 32 heavy (non-hydrogen) atoms. The van der Waals surface area contributed by atoms with E-state index in [1.54, 1.807) is 30.1 Å². The van der Waals surface area contributed by atoms with Gasteiger partial charge in [0.15, 0.2) is 0 Å². The molecule has 0 saturated carbocycles. The van der Waals surface area contributed by atoms with Crippen molar-refractivity contribution in [1.29, 1.82) is 0 Å². The number of halogens is 1. The van der Waals surface area contributed by atoms with E-state index in [2.05, 4.69) is 0 Å². The number of carbonyl (C=O) groups excluding carboxylic acids is 1. The van der Waals surface area contributed by atoms with Crippen molar-refractivity contribution in [1.82, 2.24) is 9.21 Å². The van der Waals surface area contributed by atoms with Gasteiger partial charge in [-0.1, -0.05) is 41.9 Å². The Kier molecular flexibility index (Phi) is 7.56. The quantitative estimate of drug-likeness (QED) is 0.486. The summed E-state index contributed by atoms with van der Waals surface area (Å²) in [7, 11) is 0.982. The SMILES string of the molecule is COc1ccc(C(=O)N(C)Cc2ccccc2)cc1CN(C)S(=O)(=O)c1ccc(Cl)cc1. The van der Waals surface area contributed by atoms with E-state index in [9.17, 15) is 13.2 Å². The van der Waals surface area contributed by atoms with Crippen LogP contribution in [0.2, 0.25) is 5.02 Å². The third-order valence-corrected chi connectivity index (χ3v) is 7.12. The Morgan fingerprint density at radius 3 is 2.22 bits per heavy atom. The minimum absolute atomic E-state index is 0.0393. The fraction of sp³-hybridized carbons (Fsp3) is 0.208. The van der Waals surface area contributed by atoms with E-state index in [1.165, 1.54) is 42.7 Å². The lowest BCUT2D eigenvalue weighted by Gasteiger charge is -2.21. The van der Waals surface area contributed by atoms with Gasteiger partial charge in [-0.15, -0.1) is 0 Å². The molecular formula is C24H25ClN2O4S. The molecule has 0 radical (unpaired) electrons. The number of ether oxygens (including phenoxy) is 1. The molecule has 0 saturated heterocycles. The predicted molar refractivity (Wildman–Crippen MR) is 125 cm³/mol. The van der Waals surface area contributed by atoms with Gasteiger partial charge >= 0.3 is 0 Å². The molecule has 0 bridgehead atoms. The van der Waals surface area contributed by atoms with Crippen LogP contribution in [0.4, 0.5) is 0 Å². The molecule has 6 nitrogen and oxygen atoms in total. The second kappa shape index (κ2) is 10.2. The highest BCUT2D eigenvalue weighted by Gasteiger charge is 2.23. The lowest BCUT2D eigenvalue weighted by atomic mass is 10.1. The van der Waals surface area contributed by atoms with Crippen molar-refractivity contribution in [2.45, 2.75) is 18.0 Å². The van der Waals surface area contributed by atoms with Crippen LogP contribution in [0.5, 0.6) is 5.75 Å². The maximum Gasteiger partial charge on any atom is 0.253 e. The van der Waals surface area contributed by atoms with Crippen LogP contribution in [-0.2, 0) is 23.1 Å². The monoisotopic (exact) mass is 472 g/mol. The summed E-state index contributed by atoms with van der Waals surface area (Å²) < 4.78 is 32.5. The fourth-order valence-corrected chi connectivity index (χ4v) is 4.57. The zero-order valence-corrected chi connectivity index (χ0v) is 19.7. The van der Waals surface area contributed by atoms with E-state index >= 15 is 0 Å². The summed E-state index contributed by atoms with van der Waals surface area (Å²) >= 11 is 5.87. The Morgan fingerprint density at radius 1 is 0.938 bits per heavy atom. The topological polar surface area (TPSA) is 66.9 Å². The summed E-state index contributed by atoms with van der Waals surface area (Å²) in [6, 6.07) is 20.7. The van der Waals surface area contributed by atoms with Crippen molar-refractivity contribution >= 4 is 27.5 Å². The molecule has 0 aromatic heterocycles. The third kappa shape index (κ3) is 5.48. The van der Waals surface area contributed by atoms with Gasteiger partial charge in [-0.25, -0.2) is 8.42 Å². The molecule has 0 unspecified atom stereocenters. The maximum atomic E-state index is 13.0. The second-order valence-corrected chi connectivity index (χ2v) is 9.87. The average Bonchev–Trinajstić information content (AvgIpc) is 2.79. The third-order valence-electron chi connectivity index (χ3n) is 5.05. The molecule has 0 aliphatic carbocycles. The van der Waals surface area contributed by atoms with Crippen LogP contribution >= 0.6 is 11.6 Å². The molecule has 8 heteroatoms. The van der Waals surface area contributed by atoms with Crippen molar-refractivity contribution in [2.75, 3.05) is 21.2 Å². The Hall–Kier alpha value is -2.87. The van der Waals surface area contributed by atoms with Crippen LogP contribution in [0.15, 0.2) is 77.7 Å². The van der Waals surface area contributed by atoms with Crippen molar-refractivity contribution in [2.24, 2.45) is 0 Å². The highest BCUT2D eigenvalue weighted by atomic mass is 35.5. The largest absolute Gasteiger partial charge is 0.496 e. The van der Waals surface area contributed by atoms with Gasteiger partial charge in [-0.3, -0.25) is 4.79 Å². The highest BCUT2D eigenvalue weighted by molar-refractivity contribution is 7.89. The highest BCUT2D eigenvalue weighted by Crippen LogP contribution is 2.25. The van der Waals surface area contributed by atoms with Crippen LogP contribution in [0.1, 0.15) is 21.5 Å². The number of amides is 1. The van der Waals surface area contributed by atoms with Gasteiger partial charge in [-0.2, -0.15) is 4.31 Å². The van der Waals surface area contributed by atoms with E-state index in [0.29, 0.717) is 28.4 Å². The summed E-state index contributed by atoms with van der Waals surface area (Å²) in [4.78, 5) is 14.7. The zero-order valence-electron chi connectivity index (χ0n) is 18.2. The molecule has 168 valence electrons. The van der Waals surface area contributed by atoms with Gasteiger partial charge in [0, 0.05) is 43.3 Å². The molecule has 0 fully saturated rings. The number of rotatable bonds is 8. The smallest absolute Gasteiger partial charge is 0.253 e. The van der Waals surface area contributed by atoms with Crippen molar-refractivity contribution in [3.63, 3.8) is 0 Å². The van der Waals surface area contributed by atoms with Gasteiger partial charge in [0.2, 0.25) is 10.0 Å². The zero-order chi connectivity index (χ0) is 23.3. The Labute approximate surface area is 194 Å². The molecule has 0 aliphatic rings. The minimum atomic E-state index is -3.75. The molecule has 3 aromatic rings. The van der Waals surface area contributed by atoms with Gasteiger partial charge in [0.05, 0.1) is 12.0 Å². The fourth-order valence-electron chi connectivity index (χ4n) is 3.30. The molecule has 0 heterocycles. The standard InChI is InChI=1S/C24H25ClN2O4S/c1-26(16-18-7-5-4-6-8-18)24(28)19-9-14-23(31-3)20(15-19)17-27(2)32(29,30)22-12-10-21(25)11-13-22/h4-15H,16-17H2,1-3H3. The first-order valence-corrected chi connectivity index (χ1v) is 11.7. The lowest BCUT2D eigenvalue weighted by Crippen LogP contribution is -2.28. The minimum Gasteiger partial charge on any atom is -0.496 e. The van der Waals surface area contributed by atoms with Crippen LogP contribution in [-0.4, -0.2) is 44.7 Å². The first-order valence-electron chi connectivity index (χ1n) is 9.90. The number of sulfonamides is 1. The number of carbonyl (C=O) groups is 1. The van der Waals surface area contributed by atoms with Gasteiger partial charge in [0.25, 0.3) is 5.91 Å². The van der Waals surface area contributed by atoms with Gasteiger partial charge in [0.1, 0.15) is 5.75 Å². The summed E-state index contributed by atoms with van der Waals surface area (Å²) in [6.07, 6.45) is 0. The normalized spacial score (nSPS) is 11.4. The summed E-state index contributed by atoms with van der Waals surface area (Å²) in [5, 5.41) is 0.458. The number of hydrogen-bond acceptors (Lipinski definition) is 4. The summed E-state index contributed by atoms with van der Waals surface area (Å²) in [6.45, 7) is 0.504. The first kappa shape index (κ1) is 23.8. The molecule has 3 aromatic carbocycles. The van der Waals surface area contributed by atoms with E-state index in [4.69, 9.17) is 16.3 Å². The number of hydrogen-bond donors (Lipinski definition) is 0. The molecule has 3 rings (SSSR count). The maximum absolute atomic E-state index is 13.0. The molecule has 0 spiro atoms. The van der Waals surface area contributed by atoms with Crippen molar-refractivity contribution in [3.05, 3.63) is 94.5 Å². The Balaban J connectivity index is 1.82. The summed E-state index contributed by atoms with van der Waals surface area (Å²) in [5.41, 5.74) is 2.06. The van der Waals surface area contributed by atoms with E-state index < -0.39 is 10.0 Å². The first-order chi connectivity index (χ1) is 15.2. The Morgan fingerprint density at radius 2 is 1.59 bits per heavy atom. The van der Waals surface area contributed by atoms with Crippen LogP contribution in [0, 0.1) is 0 Å². The number of nitrogens with zero attached hydrogens (tertiary/aromatic N) is 2. The molecular weight excluding hydrogens is 448 g/mol. The molecule has 0 atom stereocenters. The molecule has 0 aliphatic heterocycles. The van der Waals surface area contributed by atoms with Crippen LogP contribution < -0.4 is 4.74 Å². The number of benzene rings is 3. The predicted octanol–water partition coefficient (Wildman–Crippen LogP) is 4.44. The van der Waals surface area contributed by atoms with E-state index in [1.807, 2.05) is 30.3 Å².